The lowest BCUT2D eigenvalue weighted by Crippen LogP contribution is -2.22. The molecule has 2 aromatic heterocycles. The van der Waals surface area contributed by atoms with E-state index in [9.17, 15) is 13.6 Å². The van der Waals surface area contributed by atoms with Gasteiger partial charge in [0.05, 0.1) is 16.8 Å². The Morgan fingerprint density at radius 2 is 2.00 bits per heavy atom. The van der Waals surface area contributed by atoms with E-state index in [1.807, 2.05) is 24.3 Å². The summed E-state index contributed by atoms with van der Waals surface area (Å²) in [6, 6.07) is 17.0. The molecule has 0 saturated carbocycles. The standard InChI is InChI=1S/C20H14F2N2O3S/c21-20(22)27-13-5-3-4-12(10-13)18(25)23-11-14-8-9-16(26-14)19-24-15-6-1-2-7-17(15)28-19/h1-10,20H,11H2,(H,23,25). The van der Waals surface area contributed by atoms with E-state index in [-0.39, 0.29) is 17.9 Å². The highest BCUT2D eigenvalue weighted by atomic mass is 32.1. The maximum atomic E-state index is 12.3. The van der Waals surface area contributed by atoms with Gasteiger partial charge in [0.15, 0.2) is 10.8 Å². The zero-order valence-corrected chi connectivity index (χ0v) is 15.2. The monoisotopic (exact) mass is 400 g/mol. The zero-order valence-electron chi connectivity index (χ0n) is 14.4. The van der Waals surface area contributed by atoms with Gasteiger partial charge in [-0.15, -0.1) is 11.3 Å². The number of thiazole rings is 1. The van der Waals surface area contributed by atoms with Gasteiger partial charge in [-0.1, -0.05) is 18.2 Å². The Kier molecular flexibility index (Phi) is 5.03. The van der Waals surface area contributed by atoms with Crippen LogP contribution in [0.1, 0.15) is 16.1 Å². The Labute approximate surface area is 162 Å². The first-order valence-corrected chi connectivity index (χ1v) is 9.18. The molecular weight excluding hydrogens is 386 g/mol. The van der Waals surface area contributed by atoms with Crippen LogP contribution in [0.25, 0.3) is 21.0 Å². The molecule has 1 amide bonds. The summed E-state index contributed by atoms with van der Waals surface area (Å²) < 4.78 is 35.7. The number of benzene rings is 2. The largest absolute Gasteiger partial charge is 0.457 e. The fraction of sp³-hybridized carbons (Fsp3) is 0.100. The van der Waals surface area contributed by atoms with Crippen LogP contribution >= 0.6 is 11.3 Å². The molecular formula is C20H14F2N2O3S. The van der Waals surface area contributed by atoms with Gasteiger partial charge in [0.1, 0.15) is 11.5 Å². The molecule has 0 bridgehead atoms. The molecule has 0 aliphatic carbocycles. The summed E-state index contributed by atoms with van der Waals surface area (Å²) in [5.41, 5.74) is 1.12. The number of fused-ring (bicyclic) bond motifs is 1. The van der Waals surface area contributed by atoms with Crippen LogP contribution in [-0.2, 0) is 6.54 Å². The van der Waals surface area contributed by atoms with E-state index >= 15 is 0 Å². The van der Waals surface area contributed by atoms with Gasteiger partial charge in [0.25, 0.3) is 5.91 Å². The molecule has 0 radical (unpaired) electrons. The number of ether oxygens (including phenoxy) is 1. The van der Waals surface area contributed by atoms with Crippen molar-refractivity contribution in [3.05, 3.63) is 72.0 Å². The maximum absolute atomic E-state index is 12.3. The van der Waals surface area contributed by atoms with Gasteiger partial charge in [0, 0.05) is 5.56 Å². The molecule has 0 aliphatic rings. The number of hydrogen-bond donors (Lipinski definition) is 1. The number of para-hydroxylation sites is 1. The molecule has 2 aromatic carbocycles. The minimum atomic E-state index is -2.94. The first kappa shape index (κ1) is 18.1. The number of nitrogens with zero attached hydrogens (tertiary/aromatic N) is 1. The van der Waals surface area contributed by atoms with Gasteiger partial charge in [0.2, 0.25) is 0 Å². The second-order valence-electron chi connectivity index (χ2n) is 5.84. The lowest BCUT2D eigenvalue weighted by Gasteiger charge is -2.07. The number of hydrogen-bond acceptors (Lipinski definition) is 5. The number of carbonyl (C=O) groups is 1. The summed E-state index contributed by atoms with van der Waals surface area (Å²) >= 11 is 1.52. The van der Waals surface area contributed by atoms with E-state index < -0.39 is 12.5 Å². The first-order chi connectivity index (χ1) is 13.6. The molecule has 4 rings (SSSR count). The number of alkyl halides is 2. The zero-order chi connectivity index (χ0) is 19.5. The molecule has 5 nitrogen and oxygen atoms in total. The van der Waals surface area contributed by atoms with Crippen LogP contribution in [0.15, 0.2) is 65.1 Å². The number of amides is 1. The van der Waals surface area contributed by atoms with Crippen molar-refractivity contribution in [2.24, 2.45) is 0 Å². The van der Waals surface area contributed by atoms with Crippen molar-refractivity contribution in [1.82, 2.24) is 10.3 Å². The van der Waals surface area contributed by atoms with E-state index in [4.69, 9.17) is 4.42 Å². The molecule has 0 saturated heterocycles. The Morgan fingerprint density at radius 3 is 2.82 bits per heavy atom. The van der Waals surface area contributed by atoms with Crippen LogP contribution < -0.4 is 10.1 Å². The molecule has 0 atom stereocenters. The number of aromatic nitrogens is 1. The Morgan fingerprint density at radius 1 is 1.14 bits per heavy atom. The summed E-state index contributed by atoms with van der Waals surface area (Å²) in [5.74, 6) is 0.691. The lowest BCUT2D eigenvalue weighted by molar-refractivity contribution is -0.0498. The summed E-state index contributed by atoms with van der Waals surface area (Å²) in [6.07, 6.45) is 0. The van der Waals surface area contributed by atoms with Crippen LogP contribution in [0.4, 0.5) is 8.78 Å². The SMILES string of the molecule is O=C(NCc1ccc(-c2nc3ccccc3s2)o1)c1cccc(OC(F)F)c1. The summed E-state index contributed by atoms with van der Waals surface area (Å²) in [5, 5.41) is 3.45. The van der Waals surface area contributed by atoms with E-state index in [2.05, 4.69) is 15.0 Å². The second kappa shape index (κ2) is 7.77. The fourth-order valence-electron chi connectivity index (χ4n) is 2.65. The predicted molar refractivity (Wildman–Crippen MR) is 102 cm³/mol. The lowest BCUT2D eigenvalue weighted by atomic mass is 10.2. The Bertz CT molecular complexity index is 1090. The summed E-state index contributed by atoms with van der Waals surface area (Å²) in [6.45, 7) is -2.79. The van der Waals surface area contributed by atoms with Gasteiger partial charge in [-0.25, -0.2) is 4.98 Å². The van der Waals surface area contributed by atoms with Crippen LogP contribution in [0.2, 0.25) is 0 Å². The molecule has 0 fully saturated rings. The molecule has 0 spiro atoms. The average Bonchev–Trinajstić information content (AvgIpc) is 3.32. The third-order valence-electron chi connectivity index (χ3n) is 3.91. The summed E-state index contributed by atoms with van der Waals surface area (Å²) in [7, 11) is 0. The van der Waals surface area contributed by atoms with Crippen molar-refractivity contribution in [2.45, 2.75) is 13.2 Å². The van der Waals surface area contributed by atoms with Crippen molar-refractivity contribution in [2.75, 3.05) is 0 Å². The fourth-order valence-corrected chi connectivity index (χ4v) is 3.58. The minimum Gasteiger partial charge on any atom is -0.457 e. The average molecular weight is 400 g/mol. The number of carbonyl (C=O) groups excluding carboxylic acids is 1. The normalized spacial score (nSPS) is 11.1. The Hall–Kier alpha value is -3.26. The third-order valence-corrected chi connectivity index (χ3v) is 4.96. The number of rotatable bonds is 6. The molecule has 2 heterocycles. The van der Waals surface area contributed by atoms with Crippen molar-refractivity contribution < 1.29 is 22.7 Å². The second-order valence-corrected chi connectivity index (χ2v) is 6.87. The van der Waals surface area contributed by atoms with Gasteiger partial charge >= 0.3 is 6.61 Å². The van der Waals surface area contributed by atoms with Crippen LogP contribution in [0.5, 0.6) is 5.75 Å². The van der Waals surface area contributed by atoms with Crippen LogP contribution in [0.3, 0.4) is 0 Å². The third kappa shape index (κ3) is 4.01. The van der Waals surface area contributed by atoms with Gasteiger partial charge in [-0.05, 0) is 42.5 Å². The van der Waals surface area contributed by atoms with E-state index in [1.54, 1.807) is 12.1 Å². The number of halogens is 2. The molecule has 0 aliphatic heterocycles. The highest BCUT2D eigenvalue weighted by molar-refractivity contribution is 7.21. The van der Waals surface area contributed by atoms with Crippen LogP contribution in [-0.4, -0.2) is 17.5 Å². The molecule has 28 heavy (non-hydrogen) atoms. The highest BCUT2D eigenvalue weighted by Gasteiger charge is 2.13. The van der Waals surface area contributed by atoms with Crippen molar-refractivity contribution in [3.8, 4) is 16.5 Å². The van der Waals surface area contributed by atoms with Crippen molar-refractivity contribution in [3.63, 3.8) is 0 Å². The number of nitrogens with one attached hydrogen (secondary N) is 1. The van der Waals surface area contributed by atoms with Crippen LogP contribution in [0, 0.1) is 0 Å². The topological polar surface area (TPSA) is 64.4 Å². The Balaban J connectivity index is 1.42. The van der Waals surface area contributed by atoms with E-state index in [1.165, 1.54) is 35.6 Å². The van der Waals surface area contributed by atoms with E-state index in [0.717, 1.165) is 15.2 Å². The van der Waals surface area contributed by atoms with Gasteiger partial charge < -0.3 is 14.5 Å². The number of furan rings is 1. The molecule has 8 heteroatoms. The molecule has 1 N–H and O–H groups in total. The van der Waals surface area contributed by atoms with Crippen molar-refractivity contribution >= 4 is 27.5 Å². The van der Waals surface area contributed by atoms with Gasteiger partial charge in [-0.2, -0.15) is 8.78 Å². The smallest absolute Gasteiger partial charge is 0.387 e. The quantitative estimate of drug-likeness (QED) is 0.490. The highest BCUT2D eigenvalue weighted by Crippen LogP contribution is 2.31. The first-order valence-electron chi connectivity index (χ1n) is 8.36. The minimum absolute atomic E-state index is 0.0706. The van der Waals surface area contributed by atoms with Crippen molar-refractivity contribution in [1.29, 1.82) is 0 Å². The maximum Gasteiger partial charge on any atom is 0.387 e. The van der Waals surface area contributed by atoms with E-state index in [0.29, 0.717) is 11.5 Å². The molecule has 0 unspecified atom stereocenters. The summed E-state index contributed by atoms with van der Waals surface area (Å²) in [4.78, 5) is 16.8. The predicted octanol–water partition coefficient (Wildman–Crippen LogP) is 5.09. The molecule has 4 aromatic rings. The molecule has 142 valence electrons. The van der Waals surface area contributed by atoms with Gasteiger partial charge in [-0.3, -0.25) is 4.79 Å².